The van der Waals surface area contributed by atoms with Crippen LogP contribution in [0.15, 0.2) is 46.5 Å². The van der Waals surface area contributed by atoms with Crippen LogP contribution in [-0.2, 0) is 17.1 Å². The summed E-state index contributed by atoms with van der Waals surface area (Å²) in [6.07, 6.45) is 2.83. The Morgan fingerprint density at radius 1 is 1.33 bits per heavy atom. The molecule has 1 N–H and O–H groups in total. The number of hydrogen-bond donors (Lipinski definition) is 1. The van der Waals surface area contributed by atoms with Crippen LogP contribution in [0.25, 0.3) is 0 Å². The largest absolute Gasteiger partial charge is 0.274 e. The van der Waals surface area contributed by atoms with E-state index in [2.05, 4.69) is 16.7 Å². The SMILES string of the molecule is CCSc1ccc([C@@H](C)NS(=O)(=O)c2cnn(C)c2)cc1. The fourth-order valence-corrected chi connectivity index (χ4v) is 3.80. The highest BCUT2D eigenvalue weighted by atomic mass is 32.2. The van der Waals surface area contributed by atoms with Gasteiger partial charge in [0.1, 0.15) is 4.90 Å². The third-order valence-corrected chi connectivity index (χ3v) is 5.40. The lowest BCUT2D eigenvalue weighted by Crippen LogP contribution is -2.26. The predicted molar refractivity (Wildman–Crippen MR) is 84.8 cm³/mol. The Morgan fingerprint density at radius 3 is 2.52 bits per heavy atom. The summed E-state index contributed by atoms with van der Waals surface area (Å²) in [5.41, 5.74) is 0.933. The van der Waals surface area contributed by atoms with Gasteiger partial charge in [-0.05, 0) is 30.4 Å². The van der Waals surface area contributed by atoms with Crippen molar-refractivity contribution in [1.29, 1.82) is 0 Å². The fourth-order valence-electron chi connectivity index (χ4n) is 1.93. The molecule has 0 bridgehead atoms. The molecule has 0 spiro atoms. The summed E-state index contributed by atoms with van der Waals surface area (Å²) in [4.78, 5) is 1.36. The second-order valence-electron chi connectivity index (χ2n) is 4.69. The third kappa shape index (κ3) is 4.09. The number of hydrogen-bond acceptors (Lipinski definition) is 4. The van der Waals surface area contributed by atoms with Crippen LogP contribution >= 0.6 is 11.8 Å². The maximum absolute atomic E-state index is 12.2. The highest BCUT2D eigenvalue weighted by Crippen LogP contribution is 2.22. The van der Waals surface area contributed by atoms with Crippen LogP contribution in [0.5, 0.6) is 0 Å². The van der Waals surface area contributed by atoms with E-state index >= 15 is 0 Å². The van der Waals surface area contributed by atoms with Crippen molar-refractivity contribution in [3.8, 4) is 0 Å². The van der Waals surface area contributed by atoms with Crippen LogP contribution in [0.4, 0.5) is 0 Å². The van der Waals surface area contributed by atoms with E-state index in [1.165, 1.54) is 22.0 Å². The number of rotatable bonds is 6. The molecule has 1 aromatic carbocycles. The number of sulfonamides is 1. The van der Waals surface area contributed by atoms with Gasteiger partial charge in [0.2, 0.25) is 10.0 Å². The summed E-state index contributed by atoms with van der Waals surface area (Å²) in [5, 5.41) is 3.89. The van der Waals surface area contributed by atoms with Crippen molar-refractivity contribution >= 4 is 21.8 Å². The molecule has 21 heavy (non-hydrogen) atoms. The molecular formula is C14H19N3O2S2. The second-order valence-corrected chi connectivity index (χ2v) is 7.75. The average molecular weight is 325 g/mol. The van der Waals surface area contributed by atoms with Gasteiger partial charge in [-0.1, -0.05) is 19.1 Å². The number of nitrogens with one attached hydrogen (secondary N) is 1. The van der Waals surface area contributed by atoms with Crippen molar-refractivity contribution in [2.45, 2.75) is 29.7 Å². The summed E-state index contributed by atoms with van der Waals surface area (Å²) < 4.78 is 28.6. The quantitative estimate of drug-likeness (QED) is 0.829. The van der Waals surface area contributed by atoms with E-state index < -0.39 is 10.0 Å². The summed E-state index contributed by atoms with van der Waals surface area (Å²) in [7, 11) is -1.86. The molecule has 0 fully saturated rings. The molecule has 5 nitrogen and oxygen atoms in total. The number of thioether (sulfide) groups is 1. The first-order valence-electron chi connectivity index (χ1n) is 6.66. The Bertz CT molecular complexity index is 693. The molecule has 7 heteroatoms. The van der Waals surface area contributed by atoms with Crippen molar-refractivity contribution in [3.63, 3.8) is 0 Å². The monoisotopic (exact) mass is 325 g/mol. The van der Waals surface area contributed by atoms with Gasteiger partial charge in [0.05, 0.1) is 6.20 Å². The van der Waals surface area contributed by atoms with Gasteiger partial charge in [-0.25, -0.2) is 13.1 Å². The first-order chi connectivity index (χ1) is 9.92. The van der Waals surface area contributed by atoms with Crippen molar-refractivity contribution in [2.75, 3.05) is 5.75 Å². The van der Waals surface area contributed by atoms with Crippen LogP contribution in [-0.4, -0.2) is 24.0 Å². The van der Waals surface area contributed by atoms with Crippen molar-refractivity contribution in [3.05, 3.63) is 42.2 Å². The molecule has 0 aliphatic rings. The highest BCUT2D eigenvalue weighted by Gasteiger charge is 2.19. The average Bonchev–Trinajstić information content (AvgIpc) is 2.87. The smallest absolute Gasteiger partial charge is 0.244 e. The Kier molecular flexibility index (Phi) is 5.08. The Hall–Kier alpha value is -1.31. The number of benzene rings is 1. The standard InChI is InChI=1S/C14H19N3O2S2/c1-4-20-13-7-5-12(6-8-13)11(2)16-21(18,19)14-9-15-17(3)10-14/h5-11,16H,4H2,1-3H3/t11-/m1/s1. The minimum atomic E-state index is -3.55. The van der Waals surface area contributed by atoms with Gasteiger partial charge in [0, 0.05) is 24.2 Å². The van der Waals surface area contributed by atoms with Gasteiger partial charge in [-0.2, -0.15) is 5.10 Å². The zero-order chi connectivity index (χ0) is 15.5. The van der Waals surface area contributed by atoms with Crippen LogP contribution in [0, 0.1) is 0 Å². The Balaban J connectivity index is 2.11. The van der Waals surface area contributed by atoms with Gasteiger partial charge in [-0.15, -0.1) is 11.8 Å². The van der Waals surface area contributed by atoms with Crippen LogP contribution in [0.1, 0.15) is 25.5 Å². The second kappa shape index (κ2) is 6.64. The molecule has 0 amide bonds. The third-order valence-electron chi connectivity index (χ3n) is 3.01. The lowest BCUT2D eigenvalue weighted by atomic mass is 10.1. The van der Waals surface area contributed by atoms with Crippen LogP contribution in [0.2, 0.25) is 0 Å². The summed E-state index contributed by atoms with van der Waals surface area (Å²) in [5.74, 6) is 1.02. The van der Waals surface area contributed by atoms with E-state index in [0.717, 1.165) is 11.3 Å². The summed E-state index contributed by atoms with van der Waals surface area (Å²) in [6, 6.07) is 7.63. The van der Waals surface area contributed by atoms with E-state index in [0.29, 0.717) is 0 Å². The molecule has 1 heterocycles. The molecule has 2 rings (SSSR count). The first-order valence-corrected chi connectivity index (χ1v) is 9.13. The minimum Gasteiger partial charge on any atom is -0.274 e. The molecule has 0 radical (unpaired) electrons. The van der Waals surface area contributed by atoms with Crippen LogP contribution < -0.4 is 4.72 Å². The molecule has 0 aliphatic carbocycles. The van der Waals surface area contributed by atoms with Crippen molar-refractivity contribution in [2.24, 2.45) is 7.05 Å². The highest BCUT2D eigenvalue weighted by molar-refractivity contribution is 7.99. The molecule has 2 aromatic rings. The van der Waals surface area contributed by atoms with Crippen molar-refractivity contribution in [1.82, 2.24) is 14.5 Å². The van der Waals surface area contributed by atoms with Gasteiger partial charge in [0.25, 0.3) is 0 Å². The van der Waals surface area contributed by atoms with E-state index in [-0.39, 0.29) is 10.9 Å². The number of aryl methyl sites for hydroxylation is 1. The Morgan fingerprint density at radius 2 is 2.00 bits per heavy atom. The molecule has 1 atom stereocenters. The van der Waals surface area contributed by atoms with E-state index in [9.17, 15) is 8.42 Å². The van der Waals surface area contributed by atoms with Crippen LogP contribution in [0.3, 0.4) is 0 Å². The molecule has 0 unspecified atom stereocenters. The molecule has 114 valence electrons. The lowest BCUT2D eigenvalue weighted by Gasteiger charge is -2.14. The van der Waals surface area contributed by atoms with Gasteiger partial charge in [-0.3, -0.25) is 4.68 Å². The number of aromatic nitrogens is 2. The molecule has 0 saturated heterocycles. The fraction of sp³-hybridized carbons (Fsp3) is 0.357. The first kappa shape index (κ1) is 16.1. The van der Waals surface area contributed by atoms with Gasteiger partial charge >= 0.3 is 0 Å². The lowest BCUT2D eigenvalue weighted by molar-refractivity contribution is 0.566. The molecule has 0 saturated carbocycles. The summed E-state index contributed by atoms with van der Waals surface area (Å²) in [6.45, 7) is 3.93. The Labute approximate surface area is 129 Å². The normalized spacial score (nSPS) is 13.3. The summed E-state index contributed by atoms with van der Waals surface area (Å²) >= 11 is 1.76. The predicted octanol–water partition coefficient (Wildman–Crippen LogP) is 2.57. The zero-order valence-corrected chi connectivity index (χ0v) is 13.9. The van der Waals surface area contributed by atoms with E-state index in [4.69, 9.17) is 0 Å². The van der Waals surface area contributed by atoms with Crippen molar-refractivity contribution < 1.29 is 8.42 Å². The minimum absolute atomic E-state index is 0.176. The number of nitrogens with zero attached hydrogens (tertiary/aromatic N) is 2. The molecule has 1 aromatic heterocycles. The maximum atomic E-state index is 12.2. The van der Waals surface area contributed by atoms with E-state index in [1.807, 2.05) is 31.2 Å². The topological polar surface area (TPSA) is 64.0 Å². The maximum Gasteiger partial charge on any atom is 0.244 e. The molecule has 0 aliphatic heterocycles. The molecular weight excluding hydrogens is 306 g/mol. The van der Waals surface area contributed by atoms with E-state index in [1.54, 1.807) is 18.8 Å². The van der Waals surface area contributed by atoms with Gasteiger partial charge < -0.3 is 0 Å². The van der Waals surface area contributed by atoms with Gasteiger partial charge in [0.15, 0.2) is 0 Å². The zero-order valence-electron chi connectivity index (χ0n) is 12.3.